The molecule has 1 heterocycles. The summed E-state index contributed by atoms with van der Waals surface area (Å²) < 4.78 is 13.1. The molecule has 3 rings (SSSR count). The summed E-state index contributed by atoms with van der Waals surface area (Å²) in [6, 6.07) is 10.6. The molecule has 1 aliphatic heterocycles. The molecule has 1 aliphatic rings. The molecular formula is C18H15ClFN5O3. The van der Waals surface area contributed by atoms with Gasteiger partial charge in [-0.15, -0.1) is 0 Å². The number of nitrogens with two attached hydrogens (primary N) is 1. The van der Waals surface area contributed by atoms with Crippen molar-refractivity contribution in [3.05, 3.63) is 64.9 Å². The maximum atomic E-state index is 13.1. The topological polar surface area (TPSA) is 117 Å². The van der Waals surface area contributed by atoms with Crippen LogP contribution in [0.1, 0.15) is 16.8 Å². The maximum Gasteiger partial charge on any atom is 0.285 e. The van der Waals surface area contributed by atoms with Gasteiger partial charge in [0, 0.05) is 6.42 Å². The Bertz CT molecular complexity index is 964. The average Bonchev–Trinajstić information content (AvgIpc) is 3.12. The Morgan fingerprint density at radius 1 is 1.07 bits per heavy atom. The minimum absolute atomic E-state index is 0.0208. The molecule has 0 saturated carbocycles. The molecule has 2 aromatic rings. The first-order valence-electron chi connectivity index (χ1n) is 8.13. The molecule has 28 heavy (non-hydrogen) atoms. The fourth-order valence-corrected chi connectivity index (χ4v) is 2.82. The molecule has 0 fully saturated rings. The zero-order valence-corrected chi connectivity index (χ0v) is 15.1. The number of nitrogens with zero attached hydrogens (tertiary/aromatic N) is 2. The summed E-state index contributed by atoms with van der Waals surface area (Å²) in [5.41, 5.74) is 10.4. The molecule has 1 atom stereocenters. The van der Waals surface area contributed by atoms with Crippen LogP contribution in [-0.2, 0) is 9.59 Å². The Balaban J connectivity index is 1.71. The number of nitrogens with one attached hydrogen (secondary N) is 2. The van der Waals surface area contributed by atoms with Gasteiger partial charge < -0.3 is 5.73 Å². The van der Waals surface area contributed by atoms with Gasteiger partial charge in [-0.3, -0.25) is 30.2 Å². The third kappa shape index (κ3) is 4.09. The molecule has 3 amide bonds. The number of hydrazine groups is 1. The summed E-state index contributed by atoms with van der Waals surface area (Å²) >= 11 is 5.93. The molecule has 1 unspecified atom stereocenters. The Hall–Kier alpha value is -3.46. The number of halogens is 2. The van der Waals surface area contributed by atoms with Gasteiger partial charge in [0.05, 0.1) is 16.3 Å². The summed E-state index contributed by atoms with van der Waals surface area (Å²) in [6.07, 6.45) is -0.0689. The Kier molecular flexibility index (Phi) is 5.55. The summed E-state index contributed by atoms with van der Waals surface area (Å²) in [6.45, 7) is 0. The number of hydrogen-bond donors (Lipinski definition) is 3. The molecule has 10 heteroatoms. The molecule has 144 valence electrons. The fourth-order valence-electron chi connectivity index (χ4n) is 2.60. The lowest BCUT2D eigenvalue weighted by atomic mass is 10.1. The lowest BCUT2D eigenvalue weighted by Gasteiger charge is -2.20. The van der Waals surface area contributed by atoms with Crippen molar-refractivity contribution in [3.63, 3.8) is 0 Å². The van der Waals surface area contributed by atoms with Crippen LogP contribution >= 0.6 is 11.6 Å². The largest absolute Gasteiger partial charge is 0.368 e. The summed E-state index contributed by atoms with van der Waals surface area (Å²) in [5.74, 6) is -2.48. The maximum absolute atomic E-state index is 13.1. The van der Waals surface area contributed by atoms with Crippen LogP contribution in [0.15, 0.2) is 53.6 Å². The second-order valence-corrected chi connectivity index (χ2v) is 6.29. The first kappa shape index (κ1) is 19.3. The molecule has 0 spiro atoms. The Morgan fingerprint density at radius 2 is 1.71 bits per heavy atom. The van der Waals surface area contributed by atoms with Crippen LogP contribution in [0.4, 0.5) is 10.1 Å². The van der Waals surface area contributed by atoms with E-state index in [-0.39, 0.29) is 22.7 Å². The molecule has 8 nitrogen and oxygen atoms in total. The number of hydrogen-bond acceptors (Lipinski definition) is 5. The van der Waals surface area contributed by atoms with Crippen LogP contribution in [0.25, 0.3) is 0 Å². The number of carbonyl (C=O) groups excluding carboxylic acids is 3. The van der Waals surface area contributed by atoms with Crippen LogP contribution in [0, 0.1) is 5.82 Å². The molecule has 0 saturated heterocycles. The van der Waals surface area contributed by atoms with Gasteiger partial charge in [0.15, 0.2) is 0 Å². The summed E-state index contributed by atoms with van der Waals surface area (Å²) in [5, 5.41) is 5.56. The van der Waals surface area contributed by atoms with Gasteiger partial charge in [-0.1, -0.05) is 23.7 Å². The smallest absolute Gasteiger partial charge is 0.285 e. The van der Waals surface area contributed by atoms with E-state index in [4.69, 9.17) is 17.3 Å². The predicted octanol–water partition coefficient (Wildman–Crippen LogP) is 1.36. The van der Waals surface area contributed by atoms with E-state index in [1.165, 1.54) is 41.4 Å². The van der Waals surface area contributed by atoms with E-state index >= 15 is 0 Å². The second-order valence-electron chi connectivity index (χ2n) is 5.88. The highest BCUT2D eigenvalue weighted by Gasteiger charge is 2.35. The average molecular weight is 404 g/mol. The number of benzene rings is 2. The van der Waals surface area contributed by atoms with Crippen molar-refractivity contribution in [3.8, 4) is 0 Å². The van der Waals surface area contributed by atoms with Crippen molar-refractivity contribution in [1.82, 2.24) is 10.9 Å². The van der Waals surface area contributed by atoms with E-state index < -0.39 is 29.6 Å². The van der Waals surface area contributed by atoms with E-state index in [1.54, 1.807) is 12.1 Å². The summed E-state index contributed by atoms with van der Waals surface area (Å²) in [4.78, 5) is 36.2. The van der Waals surface area contributed by atoms with Gasteiger partial charge in [0.25, 0.3) is 11.8 Å². The number of anilines is 1. The Morgan fingerprint density at radius 3 is 2.36 bits per heavy atom. The van der Waals surface area contributed by atoms with Crippen molar-refractivity contribution >= 4 is 40.7 Å². The highest BCUT2D eigenvalue weighted by atomic mass is 35.5. The van der Waals surface area contributed by atoms with Crippen molar-refractivity contribution in [2.45, 2.75) is 12.5 Å². The first-order chi connectivity index (χ1) is 13.4. The normalized spacial score (nSPS) is 15.7. The second kappa shape index (κ2) is 8.05. The van der Waals surface area contributed by atoms with E-state index in [0.29, 0.717) is 5.69 Å². The number of primary amides is 1. The Labute approximate surface area is 164 Å². The van der Waals surface area contributed by atoms with Crippen molar-refractivity contribution < 1.29 is 18.8 Å². The number of amides is 3. The standard InChI is InChI=1S/C18H15ClFN5O3/c19-13-4-2-1-3-12(13)17(27)22-23-18(28)14-9-15(16(21)26)25(24-14)11-7-5-10(20)6-8-11/h1-8,15H,9H2,(H2,21,26)(H,22,27)(H,23,28). The molecule has 2 aromatic carbocycles. The molecule has 0 bridgehead atoms. The molecule has 0 radical (unpaired) electrons. The van der Waals surface area contributed by atoms with Gasteiger partial charge in [0.1, 0.15) is 17.6 Å². The minimum atomic E-state index is -0.912. The van der Waals surface area contributed by atoms with Crippen LogP contribution < -0.4 is 21.6 Å². The zero-order chi connectivity index (χ0) is 20.3. The quantitative estimate of drug-likeness (QED) is 0.668. The van der Waals surface area contributed by atoms with E-state index in [2.05, 4.69) is 16.0 Å². The SMILES string of the molecule is NC(=O)C1CC(C(=O)NNC(=O)c2ccccc2Cl)=NN1c1ccc(F)cc1. The van der Waals surface area contributed by atoms with Gasteiger partial charge >= 0.3 is 0 Å². The van der Waals surface area contributed by atoms with Crippen molar-refractivity contribution in [2.24, 2.45) is 10.8 Å². The van der Waals surface area contributed by atoms with Crippen LogP contribution in [0.5, 0.6) is 0 Å². The molecule has 0 aromatic heterocycles. The first-order valence-corrected chi connectivity index (χ1v) is 8.51. The van der Waals surface area contributed by atoms with E-state index in [0.717, 1.165) is 0 Å². The number of rotatable bonds is 4. The van der Waals surface area contributed by atoms with Gasteiger partial charge in [-0.2, -0.15) is 5.10 Å². The van der Waals surface area contributed by atoms with Crippen molar-refractivity contribution in [2.75, 3.05) is 5.01 Å². The van der Waals surface area contributed by atoms with Crippen LogP contribution in [0.3, 0.4) is 0 Å². The highest BCUT2D eigenvalue weighted by Crippen LogP contribution is 2.24. The number of carbonyl (C=O) groups is 3. The van der Waals surface area contributed by atoms with Crippen LogP contribution in [0.2, 0.25) is 5.02 Å². The lowest BCUT2D eigenvalue weighted by molar-refractivity contribution is -0.119. The van der Waals surface area contributed by atoms with Crippen molar-refractivity contribution in [1.29, 1.82) is 0 Å². The van der Waals surface area contributed by atoms with Crippen LogP contribution in [-0.4, -0.2) is 29.5 Å². The molecule has 0 aliphatic carbocycles. The van der Waals surface area contributed by atoms with Gasteiger partial charge in [0.2, 0.25) is 5.91 Å². The fraction of sp³-hybridized carbons (Fsp3) is 0.111. The predicted molar refractivity (Wildman–Crippen MR) is 101 cm³/mol. The highest BCUT2D eigenvalue weighted by molar-refractivity contribution is 6.40. The monoisotopic (exact) mass is 403 g/mol. The molecule has 4 N–H and O–H groups in total. The third-order valence-electron chi connectivity index (χ3n) is 4.00. The third-order valence-corrected chi connectivity index (χ3v) is 4.33. The van der Waals surface area contributed by atoms with Gasteiger partial charge in [-0.25, -0.2) is 4.39 Å². The van der Waals surface area contributed by atoms with E-state index in [1.807, 2.05) is 0 Å². The van der Waals surface area contributed by atoms with E-state index in [9.17, 15) is 18.8 Å². The minimum Gasteiger partial charge on any atom is -0.368 e. The lowest BCUT2D eigenvalue weighted by Crippen LogP contribution is -2.45. The summed E-state index contributed by atoms with van der Waals surface area (Å²) in [7, 11) is 0. The zero-order valence-electron chi connectivity index (χ0n) is 14.4. The molecular weight excluding hydrogens is 389 g/mol. The van der Waals surface area contributed by atoms with Gasteiger partial charge in [-0.05, 0) is 36.4 Å². The number of hydrazone groups is 1.